The molecule has 2 rings (SSSR count). The van der Waals surface area contributed by atoms with Gasteiger partial charge in [0, 0.05) is 22.1 Å². The summed E-state index contributed by atoms with van der Waals surface area (Å²) in [5.74, 6) is 0.382. The summed E-state index contributed by atoms with van der Waals surface area (Å²) in [6.07, 6.45) is 0. The molecule has 0 atom stereocenters. The molecule has 0 spiro atoms. The smallest absolute Gasteiger partial charge is 0.264 e. The summed E-state index contributed by atoms with van der Waals surface area (Å²) in [5, 5.41) is 3.26. The summed E-state index contributed by atoms with van der Waals surface area (Å²) in [6.45, 7) is 10.2. The van der Waals surface area contributed by atoms with Crippen LogP contribution in [0.3, 0.4) is 0 Å². The molecule has 5 nitrogen and oxygen atoms in total. The number of halogens is 1. The molecule has 0 heterocycles. The Morgan fingerprint density at radius 1 is 1.10 bits per heavy atom. The largest absolute Gasteiger partial charge is 0.354 e. The maximum absolute atomic E-state index is 13.3. The summed E-state index contributed by atoms with van der Waals surface area (Å²) in [5.41, 5.74) is 2.13. The SMILES string of the molecule is Cc1ccc(S(=O)(=O)N(CC(=O)NCCSC(C)(C)C)c2ccc(C)c(Cl)c2)cc1. The van der Waals surface area contributed by atoms with E-state index in [0.29, 0.717) is 17.3 Å². The fraction of sp³-hybridized carbons (Fsp3) is 0.409. The minimum absolute atomic E-state index is 0.101. The fourth-order valence-electron chi connectivity index (χ4n) is 2.62. The number of amides is 1. The van der Waals surface area contributed by atoms with Crippen molar-refractivity contribution in [1.29, 1.82) is 0 Å². The molecule has 0 saturated heterocycles. The van der Waals surface area contributed by atoms with E-state index in [1.165, 1.54) is 0 Å². The Bertz CT molecular complexity index is 984. The molecule has 0 bridgehead atoms. The van der Waals surface area contributed by atoms with Crippen LogP contribution in [0.1, 0.15) is 31.9 Å². The number of benzene rings is 2. The number of hydrogen-bond donors (Lipinski definition) is 1. The van der Waals surface area contributed by atoms with Crippen molar-refractivity contribution >= 4 is 45.0 Å². The van der Waals surface area contributed by atoms with Crippen molar-refractivity contribution in [2.75, 3.05) is 23.1 Å². The Labute approximate surface area is 189 Å². The first-order chi connectivity index (χ1) is 13.9. The Morgan fingerprint density at radius 3 is 2.30 bits per heavy atom. The van der Waals surface area contributed by atoms with Crippen LogP contribution in [0.15, 0.2) is 47.4 Å². The van der Waals surface area contributed by atoms with Crippen molar-refractivity contribution in [3.63, 3.8) is 0 Å². The van der Waals surface area contributed by atoms with Gasteiger partial charge in [-0.3, -0.25) is 9.10 Å². The van der Waals surface area contributed by atoms with Crippen LogP contribution in [-0.2, 0) is 14.8 Å². The van der Waals surface area contributed by atoms with Gasteiger partial charge in [-0.05, 0) is 43.7 Å². The topological polar surface area (TPSA) is 66.5 Å². The molecular weight excluding hydrogens is 440 g/mol. The maximum atomic E-state index is 13.3. The lowest BCUT2D eigenvalue weighted by atomic mass is 10.2. The third kappa shape index (κ3) is 6.93. The Hall–Kier alpha value is -1.70. The standard InChI is InChI=1S/C22H29ClN2O3S2/c1-16-6-10-19(11-7-16)30(27,28)25(18-9-8-17(2)20(23)14-18)15-21(26)24-12-13-29-22(3,4)5/h6-11,14H,12-13,15H2,1-5H3,(H,24,26). The monoisotopic (exact) mass is 468 g/mol. The van der Waals surface area contributed by atoms with Crippen LogP contribution in [0.5, 0.6) is 0 Å². The minimum Gasteiger partial charge on any atom is -0.354 e. The van der Waals surface area contributed by atoms with Crippen LogP contribution in [0.2, 0.25) is 5.02 Å². The number of aryl methyl sites for hydroxylation is 2. The van der Waals surface area contributed by atoms with Crippen LogP contribution >= 0.6 is 23.4 Å². The number of anilines is 1. The molecule has 0 fully saturated rings. The second kappa shape index (κ2) is 10.1. The van der Waals surface area contributed by atoms with Crippen molar-refractivity contribution in [2.24, 2.45) is 0 Å². The van der Waals surface area contributed by atoms with Crippen molar-refractivity contribution in [3.8, 4) is 0 Å². The molecule has 1 N–H and O–H groups in total. The minimum atomic E-state index is -3.94. The van der Waals surface area contributed by atoms with Gasteiger partial charge in [0.05, 0.1) is 10.6 Å². The number of rotatable bonds is 8. The summed E-state index contributed by atoms with van der Waals surface area (Å²) in [7, 11) is -3.94. The Kier molecular flexibility index (Phi) is 8.25. The summed E-state index contributed by atoms with van der Waals surface area (Å²) in [6, 6.07) is 11.5. The van der Waals surface area contributed by atoms with Gasteiger partial charge in [0.1, 0.15) is 6.54 Å². The molecule has 0 unspecified atom stereocenters. The normalized spacial score (nSPS) is 11.9. The van der Waals surface area contributed by atoms with Gasteiger partial charge in [-0.15, -0.1) is 0 Å². The first kappa shape index (κ1) is 24.6. The van der Waals surface area contributed by atoms with Gasteiger partial charge < -0.3 is 5.32 Å². The fourth-order valence-corrected chi connectivity index (χ4v) is 5.03. The van der Waals surface area contributed by atoms with E-state index in [1.54, 1.807) is 54.2 Å². The zero-order valence-corrected chi connectivity index (χ0v) is 20.4. The highest BCUT2D eigenvalue weighted by Crippen LogP contribution is 2.28. The average molecular weight is 469 g/mol. The van der Waals surface area contributed by atoms with Crippen LogP contribution in [-0.4, -0.2) is 37.9 Å². The third-order valence-electron chi connectivity index (χ3n) is 4.30. The number of hydrogen-bond acceptors (Lipinski definition) is 4. The van der Waals surface area contributed by atoms with Crippen LogP contribution < -0.4 is 9.62 Å². The highest BCUT2D eigenvalue weighted by Gasteiger charge is 2.27. The molecule has 0 radical (unpaired) electrons. The zero-order valence-electron chi connectivity index (χ0n) is 18.0. The summed E-state index contributed by atoms with van der Waals surface area (Å²) >= 11 is 7.97. The molecule has 0 aliphatic rings. The molecule has 30 heavy (non-hydrogen) atoms. The van der Waals surface area contributed by atoms with Crippen molar-refractivity contribution < 1.29 is 13.2 Å². The van der Waals surface area contributed by atoms with Gasteiger partial charge >= 0.3 is 0 Å². The molecule has 8 heteroatoms. The molecule has 2 aromatic rings. The molecule has 0 aliphatic heterocycles. The first-order valence-corrected chi connectivity index (χ1v) is 12.5. The van der Waals surface area contributed by atoms with Crippen molar-refractivity contribution in [3.05, 3.63) is 58.6 Å². The van der Waals surface area contributed by atoms with Crippen molar-refractivity contribution in [1.82, 2.24) is 5.32 Å². The van der Waals surface area contributed by atoms with Crippen molar-refractivity contribution in [2.45, 2.75) is 44.3 Å². The first-order valence-electron chi connectivity index (χ1n) is 9.66. The second-order valence-electron chi connectivity index (χ2n) is 8.07. The van der Waals surface area contributed by atoms with Crippen LogP contribution in [0, 0.1) is 13.8 Å². The lowest BCUT2D eigenvalue weighted by Crippen LogP contribution is -2.41. The molecular formula is C22H29ClN2O3S2. The Morgan fingerprint density at radius 2 is 1.73 bits per heavy atom. The predicted molar refractivity (Wildman–Crippen MR) is 127 cm³/mol. The second-order valence-corrected chi connectivity index (χ2v) is 12.3. The number of carbonyl (C=O) groups excluding carboxylic acids is 1. The lowest BCUT2D eigenvalue weighted by Gasteiger charge is -2.25. The van der Waals surface area contributed by atoms with E-state index < -0.39 is 10.0 Å². The van der Waals surface area contributed by atoms with Gasteiger partial charge in [0.15, 0.2) is 0 Å². The van der Waals surface area contributed by atoms with Gasteiger partial charge in [-0.2, -0.15) is 11.8 Å². The number of carbonyl (C=O) groups is 1. The van der Waals surface area contributed by atoms with E-state index in [2.05, 4.69) is 26.1 Å². The number of nitrogens with one attached hydrogen (secondary N) is 1. The Balaban J connectivity index is 2.26. The van der Waals surface area contributed by atoms with Gasteiger partial charge in [0.25, 0.3) is 10.0 Å². The van der Waals surface area contributed by atoms with Crippen LogP contribution in [0.4, 0.5) is 5.69 Å². The lowest BCUT2D eigenvalue weighted by molar-refractivity contribution is -0.119. The zero-order chi connectivity index (χ0) is 22.5. The number of thioether (sulfide) groups is 1. The van der Waals surface area contributed by atoms with E-state index in [0.717, 1.165) is 21.2 Å². The molecule has 164 valence electrons. The number of nitrogens with zero attached hydrogens (tertiary/aromatic N) is 1. The van der Waals surface area contributed by atoms with Gasteiger partial charge in [0.2, 0.25) is 5.91 Å². The van der Waals surface area contributed by atoms with E-state index >= 15 is 0 Å². The van der Waals surface area contributed by atoms with Gasteiger partial charge in [-0.1, -0.05) is 56.1 Å². The summed E-state index contributed by atoms with van der Waals surface area (Å²) in [4.78, 5) is 12.7. The van der Waals surface area contributed by atoms with E-state index in [9.17, 15) is 13.2 Å². The maximum Gasteiger partial charge on any atom is 0.264 e. The van der Waals surface area contributed by atoms with Crippen LogP contribution in [0.25, 0.3) is 0 Å². The van der Waals surface area contributed by atoms with E-state index in [1.807, 2.05) is 13.8 Å². The highest BCUT2D eigenvalue weighted by molar-refractivity contribution is 8.00. The van der Waals surface area contributed by atoms with E-state index in [-0.39, 0.29) is 22.1 Å². The quantitative estimate of drug-likeness (QED) is 0.565. The molecule has 0 saturated carbocycles. The molecule has 0 aliphatic carbocycles. The highest BCUT2D eigenvalue weighted by atomic mass is 35.5. The average Bonchev–Trinajstić information content (AvgIpc) is 2.65. The van der Waals surface area contributed by atoms with E-state index in [4.69, 9.17) is 11.6 Å². The summed E-state index contributed by atoms with van der Waals surface area (Å²) < 4.78 is 27.9. The molecule has 1 amide bonds. The third-order valence-corrected chi connectivity index (χ3v) is 7.77. The molecule has 0 aromatic heterocycles. The van der Waals surface area contributed by atoms with Gasteiger partial charge in [-0.25, -0.2) is 8.42 Å². The predicted octanol–water partition coefficient (Wildman–Crippen LogP) is 4.80. The molecule has 2 aromatic carbocycles. The number of sulfonamides is 1.